The van der Waals surface area contributed by atoms with Gasteiger partial charge in [-0.15, -0.1) is 0 Å². The van der Waals surface area contributed by atoms with Crippen molar-refractivity contribution in [1.82, 2.24) is 4.00 Å². The first kappa shape index (κ1) is 8.48. The van der Waals surface area contributed by atoms with E-state index in [9.17, 15) is 4.79 Å². The molecule has 0 saturated heterocycles. The first-order valence-corrected chi connectivity index (χ1v) is 4.33. The largest absolute Gasteiger partial charge is 0.298 e. The van der Waals surface area contributed by atoms with Gasteiger partial charge >= 0.3 is 0 Å². The molecule has 0 fully saturated rings. The van der Waals surface area contributed by atoms with Gasteiger partial charge in [-0.2, -0.15) is 4.00 Å². The summed E-state index contributed by atoms with van der Waals surface area (Å²) in [4.78, 5) is 10.7. The molecule has 0 saturated carbocycles. The lowest BCUT2D eigenvalue weighted by Crippen LogP contribution is -2.23. The van der Waals surface area contributed by atoms with Crippen LogP contribution in [0.25, 0.3) is 5.57 Å². The Morgan fingerprint density at radius 2 is 2.08 bits per heavy atom. The van der Waals surface area contributed by atoms with Gasteiger partial charge in [0.05, 0.1) is 18.2 Å². The van der Waals surface area contributed by atoms with Gasteiger partial charge in [0.1, 0.15) is 6.20 Å². The number of hydrogen-bond donors (Lipinski definition) is 0. The normalized spacial score (nSPS) is 25.2. The summed E-state index contributed by atoms with van der Waals surface area (Å²) in [5, 5.41) is 0. The second-order valence-corrected chi connectivity index (χ2v) is 3.88. The molecule has 1 heterocycles. The van der Waals surface area contributed by atoms with Gasteiger partial charge in [-0.1, -0.05) is 12.1 Å². The number of carbonyl (C=O) groups excluding carboxylic acids is 1. The molecule has 66 valence electrons. The van der Waals surface area contributed by atoms with E-state index in [2.05, 4.69) is 0 Å². The van der Waals surface area contributed by atoms with Gasteiger partial charge in [0.15, 0.2) is 23.8 Å². The van der Waals surface area contributed by atoms with E-state index in [1.54, 1.807) is 6.20 Å². The standard InChI is InChI=1S/C10H9ClNO/c1-12(11)6-8(7-13)9-4-2-3-5-10(9)12/h2-7H,1H3/q+1. The summed E-state index contributed by atoms with van der Waals surface area (Å²) in [5.41, 5.74) is 2.54. The molecule has 2 rings (SSSR count). The van der Waals surface area contributed by atoms with Gasteiger partial charge in [0.2, 0.25) is 0 Å². The van der Waals surface area contributed by atoms with Crippen molar-refractivity contribution in [3.63, 3.8) is 0 Å². The maximum atomic E-state index is 10.7. The lowest BCUT2D eigenvalue weighted by atomic mass is 10.1. The van der Waals surface area contributed by atoms with Crippen LogP contribution < -0.4 is 4.00 Å². The first-order chi connectivity index (χ1) is 6.15. The van der Waals surface area contributed by atoms with Crippen molar-refractivity contribution in [1.29, 1.82) is 0 Å². The summed E-state index contributed by atoms with van der Waals surface area (Å²) < 4.78 is 0.129. The average molecular weight is 195 g/mol. The molecule has 1 aromatic carbocycles. The highest BCUT2D eigenvalue weighted by atomic mass is 35.5. The first-order valence-electron chi connectivity index (χ1n) is 3.99. The molecule has 1 atom stereocenters. The number of carbonyl (C=O) groups is 1. The second kappa shape index (κ2) is 2.69. The number of allylic oxidation sites excluding steroid dienone is 1. The van der Waals surface area contributed by atoms with Crippen LogP contribution in [0.15, 0.2) is 30.5 Å². The Kier molecular flexibility index (Phi) is 1.75. The number of fused-ring (bicyclic) bond motifs is 1. The fourth-order valence-corrected chi connectivity index (χ4v) is 1.85. The topological polar surface area (TPSA) is 17.1 Å². The van der Waals surface area contributed by atoms with E-state index >= 15 is 0 Å². The molecule has 1 unspecified atom stereocenters. The molecule has 0 aliphatic carbocycles. The summed E-state index contributed by atoms with van der Waals surface area (Å²) in [5.74, 6) is 0. The number of hydrogen-bond acceptors (Lipinski definition) is 1. The monoisotopic (exact) mass is 194 g/mol. The number of benzene rings is 1. The fraction of sp³-hybridized carbons (Fsp3) is 0.100. The predicted molar refractivity (Wildman–Crippen MR) is 54.1 cm³/mol. The van der Waals surface area contributed by atoms with E-state index in [0.717, 1.165) is 17.5 Å². The van der Waals surface area contributed by atoms with Crippen LogP contribution in [-0.4, -0.2) is 13.3 Å². The minimum Gasteiger partial charge on any atom is -0.298 e. The van der Waals surface area contributed by atoms with Crippen LogP contribution in [0.4, 0.5) is 5.69 Å². The van der Waals surface area contributed by atoms with Crippen molar-refractivity contribution in [3.8, 4) is 0 Å². The van der Waals surface area contributed by atoms with E-state index in [-0.39, 0.29) is 4.00 Å². The minimum atomic E-state index is 0.129. The zero-order chi connectivity index (χ0) is 9.47. The molecule has 0 radical (unpaired) electrons. The Balaban J connectivity index is 2.67. The third kappa shape index (κ3) is 1.19. The maximum absolute atomic E-state index is 10.7. The maximum Gasteiger partial charge on any atom is 0.176 e. The third-order valence-electron chi connectivity index (χ3n) is 2.19. The number of halogens is 1. The van der Waals surface area contributed by atoms with Crippen molar-refractivity contribution < 1.29 is 4.79 Å². The molecule has 0 spiro atoms. The summed E-state index contributed by atoms with van der Waals surface area (Å²) in [6.07, 6.45) is 2.57. The number of para-hydroxylation sites is 1. The predicted octanol–water partition coefficient (Wildman–Crippen LogP) is 2.33. The van der Waals surface area contributed by atoms with Gasteiger partial charge in [-0.25, -0.2) is 0 Å². The zero-order valence-electron chi connectivity index (χ0n) is 7.20. The molecule has 0 amide bonds. The zero-order valence-corrected chi connectivity index (χ0v) is 7.95. The van der Waals surface area contributed by atoms with Crippen LogP contribution in [0.2, 0.25) is 0 Å². The van der Waals surface area contributed by atoms with E-state index < -0.39 is 0 Å². The van der Waals surface area contributed by atoms with Crippen LogP contribution >= 0.6 is 11.8 Å². The summed E-state index contributed by atoms with van der Waals surface area (Å²) in [6.45, 7) is 0. The van der Waals surface area contributed by atoms with Crippen LogP contribution in [0.3, 0.4) is 0 Å². The van der Waals surface area contributed by atoms with Crippen molar-refractivity contribution in [2.75, 3.05) is 7.05 Å². The van der Waals surface area contributed by atoms with Crippen molar-refractivity contribution >= 4 is 29.3 Å². The van der Waals surface area contributed by atoms with E-state index in [0.29, 0.717) is 5.57 Å². The molecule has 13 heavy (non-hydrogen) atoms. The lowest BCUT2D eigenvalue weighted by molar-refractivity contribution is -0.103. The SMILES string of the molecule is C[N+]1(Cl)C=C(C=O)c2ccccc21. The Labute approximate surface area is 81.7 Å². The highest BCUT2D eigenvalue weighted by Crippen LogP contribution is 2.39. The van der Waals surface area contributed by atoms with Gasteiger partial charge in [-0.05, 0) is 6.07 Å². The number of nitrogens with zero attached hydrogens (tertiary/aromatic N) is 1. The van der Waals surface area contributed by atoms with Crippen LogP contribution in [-0.2, 0) is 4.79 Å². The molecule has 0 aromatic heterocycles. The molecule has 0 bridgehead atoms. The molecular weight excluding hydrogens is 186 g/mol. The van der Waals surface area contributed by atoms with Gasteiger partial charge in [0.25, 0.3) is 0 Å². The lowest BCUT2D eigenvalue weighted by Gasteiger charge is -2.14. The quantitative estimate of drug-likeness (QED) is 0.496. The number of rotatable bonds is 1. The average Bonchev–Trinajstić information content (AvgIpc) is 2.39. The Bertz CT molecular complexity index is 396. The molecule has 1 aliphatic heterocycles. The highest BCUT2D eigenvalue weighted by Gasteiger charge is 2.33. The number of aldehydes is 1. The smallest absolute Gasteiger partial charge is 0.176 e. The summed E-state index contributed by atoms with van der Waals surface area (Å²) >= 11 is 6.17. The van der Waals surface area contributed by atoms with E-state index in [1.165, 1.54) is 0 Å². The summed E-state index contributed by atoms with van der Waals surface area (Å²) in [6, 6.07) is 7.65. The fourth-order valence-electron chi connectivity index (χ4n) is 1.59. The van der Waals surface area contributed by atoms with Gasteiger partial charge < -0.3 is 0 Å². The molecule has 2 nitrogen and oxygen atoms in total. The highest BCUT2D eigenvalue weighted by molar-refractivity contribution is 6.27. The molecule has 1 aliphatic rings. The summed E-state index contributed by atoms with van der Waals surface area (Å²) in [7, 11) is 1.83. The Hall–Kier alpha value is -1.12. The van der Waals surface area contributed by atoms with E-state index in [1.807, 2.05) is 31.3 Å². The molecule has 0 N–H and O–H groups in total. The van der Waals surface area contributed by atoms with Crippen molar-refractivity contribution in [2.45, 2.75) is 0 Å². The van der Waals surface area contributed by atoms with Gasteiger partial charge in [-0.3, -0.25) is 4.79 Å². The third-order valence-corrected chi connectivity index (χ3v) is 2.47. The van der Waals surface area contributed by atoms with Gasteiger partial charge in [0, 0.05) is 6.07 Å². The molecule has 1 aromatic rings. The van der Waals surface area contributed by atoms with Crippen LogP contribution in [0.5, 0.6) is 0 Å². The van der Waals surface area contributed by atoms with Crippen molar-refractivity contribution in [2.24, 2.45) is 0 Å². The van der Waals surface area contributed by atoms with Crippen molar-refractivity contribution in [3.05, 3.63) is 36.0 Å². The van der Waals surface area contributed by atoms with Crippen LogP contribution in [0.1, 0.15) is 5.56 Å². The van der Waals surface area contributed by atoms with Crippen LogP contribution in [0, 0.1) is 0 Å². The Morgan fingerprint density at radius 3 is 2.77 bits per heavy atom. The van der Waals surface area contributed by atoms with E-state index in [4.69, 9.17) is 11.8 Å². The number of quaternary nitrogens is 1. The molecule has 3 heteroatoms. The second-order valence-electron chi connectivity index (χ2n) is 3.18. The Morgan fingerprint density at radius 1 is 1.38 bits per heavy atom. The minimum absolute atomic E-state index is 0.129. The molecular formula is C10H9ClNO+.